The molecule has 3 unspecified atom stereocenters. The number of anilines is 4. The number of benzene rings is 1. The highest BCUT2D eigenvalue weighted by Crippen LogP contribution is 2.39. The molecule has 3 atom stereocenters. The van der Waals surface area contributed by atoms with E-state index in [0.29, 0.717) is 48.5 Å². The van der Waals surface area contributed by atoms with E-state index in [9.17, 15) is 9.90 Å². The van der Waals surface area contributed by atoms with Gasteiger partial charge >= 0.3 is 0 Å². The third-order valence-corrected chi connectivity index (χ3v) is 7.82. The fourth-order valence-electron chi connectivity index (χ4n) is 4.83. The van der Waals surface area contributed by atoms with Gasteiger partial charge in [-0.25, -0.2) is 9.37 Å². The number of carbonyl (C=O) groups excluding carboxylic acids is 1. The van der Waals surface area contributed by atoms with Gasteiger partial charge in [-0.3, -0.25) is 4.79 Å². The molecule has 0 bridgehead atoms. The van der Waals surface area contributed by atoms with Gasteiger partial charge in [0.25, 0.3) is 0 Å². The van der Waals surface area contributed by atoms with Crippen molar-refractivity contribution >= 4 is 40.6 Å². The maximum absolute atomic E-state index is 15.5. The molecule has 38 heavy (non-hydrogen) atoms. The van der Waals surface area contributed by atoms with E-state index in [1.807, 2.05) is 44.0 Å². The van der Waals surface area contributed by atoms with Gasteiger partial charge in [0.1, 0.15) is 10.7 Å². The summed E-state index contributed by atoms with van der Waals surface area (Å²) < 4.78 is 15.5. The molecule has 1 aromatic heterocycles. The molecule has 0 saturated carbocycles. The van der Waals surface area contributed by atoms with Gasteiger partial charge < -0.3 is 25.5 Å². The van der Waals surface area contributed by atoms with E-state index >= 15 is 4.39 Å². The summed E-state index contributed by atoms with van der Waals surface area (Å²) in [5.41, 5.74) is 0.228. The fourth-order valence-corrected chi connectivity index (χ4v) is 4.97. The Morgan fingerprint density at radius 3 is 2.71 bits per heavy atom. The molecule has 0 spiro atoms. The predicted molar refractivity (Wildman–Crippen MR) is 153 cm³/mol. The van der Waals surface area contributed by atoms with Gasteiger partial charge in [-0.1, -0.05) is 24.6 Å². The number of nitrogens with one attached hydrogen (secondary N) is 2. The Balaban J connectivity index is 1.86. The minimum absolute atomic E-state index is 0.108. The number of hydrogen-bond acceptors (Lipinski definition) is 7. The monoisotopic (exact) mass is 548 g/mol. The molecule has 1 aliphatic heterocycles. The van der Waals surface area contributed by atoms with Crippen molar-refractivity contribution in [3.8, 4) is 0 Å². The van der Waals surface area contributed by atoms with Crippen molar-refractivity contribution in [2.45, 2.75) is 65.7 Å². The summed E-state index contributed by atoms with van der Waals surface area (Å²) in [6.07, 6.45) is 2.71. The maximum Gasteiger partial charge on any atom is 0.227 e. The maximum atomic E-state index is 15.5. The number of carbonyl (C=O) groups is 1. The molecule has 1 aliphatic rings. The lowest BCUT2D eigenvalue weighted by Gasteiger charge is -2.45. The van der Waals surface area contributed by atoms with Crippen LogP contribution in [0.1, 0.15) is 53.0 Å². The molecule has 210 valence electrons. The molecule has 3 rings (SSSR count). The van der Waals surface area contributed by atoms with E-state index in [1.54, 1.807) is 31.9 Å². The van der Waals surface area contributed by atoms with Crippen LogP contribution in [0.25, 0.3) is 0 Å². The molecule has 1 aromatic carbocycles. The highest BCUT2D eigenvalue weighted by atomic mass is 35.5. The lowest BCUT2D eigenvalue weighted by molar-refractivity contribution is -0.116. The number of aromatic nitrogens is 2. The molecule has 3 N–H and O–H groups in total. The smallest absolute Gasteiger partial charge is 0.227 e. The number of halogens is 2. The van der Waals surface area contributed by atoms with Gasteiger partial charge in [0.15, 0.2) is 5.82 Å². The molecular weight excluding hydrogens is 507 g/mol. The Morgan fingerprint density at radius 2 is 2.08 bits per heavy atom. The van der Waals surface area contributed by atoms with E-state index in [4.69, 9.17) is 16.6 Å². The number of hydrogen-bond donors (Lipinski definition) is 3. The zero-order chi connectivity index (χ0) is 28.3. The van der Waals surface area contributed by atoms with E-state index in [2.05, 4.69) is 15.6 Å². The predicted octanol–water partition coefficient (Wildman–Crippen LogP) is 5.11. The third kappa shape index (κ3) is 7.33. The van der Waals surface area contributed by atoms with Crippen LogP contribution in [0.5, 0.6) is 0 Å². The molecule has 0 aliphatic carbocycles. The topological polar surface area (TPSA) is 93.6 Å². The summed E-state index contributed by atoms with van der Waals surface area (Å²) >= 11 is 6.47. The first kappa shape index (κ1) is 30.1. The van der Waals surface area contributed by atoms with Crippen molar-refractivity contribution in [2.75, 3.05) is 48.3 Å². The van der Waals surface area contributed by atoms with Crippen LogP contribution in [0.2, 0.25) is 5.02 Å². The van der Waals surface area contributed by atoms with Gasteiger partial charge in [0, 0.05) is 49.8 Å². The molecule has 10 heteroatoms. The molecule has 2 heterocycles. The average molecular weight is 549 g/mol. The summed E-state index contributed by atoms with van der Waals surface area (Å²) in [5.74, 6) is 0.483. The SMILES string of the molecule is CNCCC1CN(c2ncc(Cl)c(Nc3ccc(C)c(N(CCC(C)(C)O)C(C)=O)c3)n2)CC(C)C1(C)F. The van der Waals surface area contributed by atoms with E-state index in [0.717, 1.165) is 24.2 Å². The number of aliphatic hydroxyl groups is 1. The van der Waals surface area contributed by atoms with Crippen LogP contribution in [0.3, 0.4) is 0 Å². The lowest BCUT2D eigenvalue weighted by atomic mass is 9.75. The van der Waals surface area contributed by atoms with Gasteiger partial charge in [-0.15, -0.1) is 0 Å². The highest BCUT2D eigenvalue weighted by molar-refractivity contribution is 6.32. The first-order valence-corrected chi connectivity index (χ1v) is 13.6. The largest absolute Gasteiger partial charge is 0.390 e. The van der Waals surface area contributed by atoms with Crippen molar-refractivity contribution < 1.29 is 14.3 Å². The summed E-state index contributed by atoms with van der Waals surface area (Å²) in [4.78, 5) is 25.3. The number of aryl methyl sites for hydroxylation is 1. The zero-order valence-electron chi connectivity index (χ0n) is 23.6. The van der Waals surface area contributed by atoms with Gasteiger partial charge in [0.2, 0.25) is 11.9 Å². The van der Waals surface area contributed by atoms with Crippen molar-refractivity contribution in [1.29, 1.82) is 0 Å². The Morgan fingerprint density at radius 1 is 1.37 bits per heavy atom. The average Bonchev–Trinajstić information content (AvgIpc) is 2.82. The summed E-state index contributed by atoms with van der Waals surface area (Å²) in [5, 5.41) is 16.9. The minimum atomic E-state index is -1.27. The molecule has 1 fully saturated rings. The number of rotatable bonds is 10. The van der Waals surface area contributed by atoms with Crippen LogP contribution in [0.15, 0.2) is 24.4 Å². The van der Waals surface area contributed by atoms with Crippen molar-refractivity contribution in [3.05, 3.63) is 35.0 Å². The standard InChI is InChI=1S/C28H42ClFN6O2/c1-18-8-9-22(14-24(18)36(20(3)37)13-11-27(4,5)38)33-25-23(29)15-32-26(34-25)35-16-19(2)28(6,30)21(17-35)10-12-31-7/h8-9,14-15,19,21,31,38H,10-13,16-17H2,1-7H3,(H,32,33,34). The Labute approximate surface area is 231 Å². The number of amides is 1. The Hall–Kier alpha value is -2.49. The molecule has 1 saturated heterocycles. The fraction of sp³-hybridized carbons (Fsp3) is 0.607. The molecule has 0 radical (unpaired) electrons. The highest BCUT2D eigenvalue weighted by Gasteiger charge is 2.45. The van der Waals surface area contributed by atoms with Crippen molar-refractivity contribution in [1.82, 2.24) is 15.3 Å². The first-order chi connectivity index (χ1) is 17.7. The minimum Gasteiger partial charge on any atom is -0.390 e. The third-order valence-electron chi connectivity index (χ3n) is 7.54. The second-order valence-corrected chi connectivity index (χ2v) is 11.7. The Kier molecular flexibility index (Phi) is 9.60. The van der Waals surface area contributed by atoms with Crippen LogP contribution in [0.4, 0.5) is 27.5 Å². The number of alkyl halides is 1. The second kappa shape index (κ2) is 12.1. The summed E-state index contributed by atoms with van der Waals surface area (Å²) in [7, 11) is 1.87. The van der Waals surface area contributed by atoms with Crippen molar-refractivity contribution in [3.63, 3.8) is 0 Å². The zero-order valence-corrected chi connectivity index (χ0v) is 24.4. The van der Waals surface area contributed by atoms with Gasteiger partial charge in [-0.05, 0) is 71.8 Å². The van der Waals surface area contributed by atoms with Crippen LogP contribution in [-0.4, -0.2) is 65.5 Å². The molecule has 8 nitrogen and oxygen atoms in total. The van der Waals surface area contributed by atoms with Crippen LogP contribution < -0.4 is 20.4 Å². The van der Waals surface area contributed by atoms with Crippen LogP contribution in [-0.2, 0) is 4.79 Å². The quantitative estimate of drug-likeness (QED) is 0.380. The van der Waals surface area contributed by atoms with Crippen LogP contribution in [0, 0.1) is 18.8 Å². The van der Waals surface area contributed by atoms with Crippen molar-refractivity contribution in [2.24, 2.45) is 11.8 Å². The normalized spacial score (nSPS) is 21.9. The van der Waals surface area contributed by atoms with E-state index < -0.39 is 11.3 Å². The molecule has 1 amide bonds. The Bertz CT molecular complexity index is 1120. The van der Waals surface area contributed by atoms with Gasteiger partial charge in [0.05, 0.1) is 11.8 Å². The molecular formula is C28H42ClFN6O2. The molecule has 2 aromatic rings. The summed E-state index contributed by atoms with van der Waals surface area (Å²) in [6.45, 7) is 12.7. The first-order valence-electron chi connectivity index (χ1n) is 13.2. The number of piperidine rings is 1. The summed E-state index contributed by atoms with van der Waals surface area (Å²) in [6, 6.07) is 5.70. The van der Waals surface area contributed by atoms with Gasteiger partial charge in [-0.2, -0.15) is 4.98 Å². The van der Waals surface area contributed by atoms with E-state index in [1.165, 1.54) is 6.92 Å². The van der Waals surface area contributed by atoms with Crippen LogP contribution >= 0.6 is 11.6 Å². The number of nitrogens with zero attached hydrogens (tertiary/aromatic N) is 4. The van der Waals surface area contributed by atoms with E-state index in [-0.39, 0.29) is 17.7 Å². The lowest BCUT2D eigenvalue weighted by Crippen LogP contribution is -2.54. The second-order valence-electron chi connectivity index (χ2n) is 11.3.